The lowest BCUT2D eigenvalue weighted by atomic mass is 9.91. The van der Waals surface area contributed by atoms with Gasteiger partial charge in [-0.2, -0.15) is 0 Å². The molecule has 0 spiro atoms. The van der Waals surface area contributed by atoms with Crippen molar-refractivity contribution in [3.8, 4) is 111 Å². The Bertz CT molecular complexity index is 4270. The first-order chi connectivity index (χ1) is 38.6. The van der Waals surface area contributed by atoms with Gasteiger partial charge < -0.3 is 0 Å². The highest BCUT2D eigenvalue weighted by Crippen LogP contribution is 2.49. The minimum absolute atomic E-state index is 0. The van der Waals surface area contributed by atoms with E-state index in [0.717, 1.165) is 38.5 Å². The van der Waals surface area contributed by atoms with Crippen LogP contribution in [0.4, 0.5) is 0 Å². The molecule has 372 valence electrons. The molecule has 0 bridgehead atoms. The summed E-state index contributed by atoms with van der Waals surface area (Å²) < 4.78 is 0. The molecule has 0 fully saturated rings. The minimum Gasteiger partial charge on any atom is -0.0776 e. The SMILES string of the molecule is C.c1ccc2c(c1)Cc1c(-c3ccc4c(c3)-c3cc(-c5cccc6c5Cc5ccccc5-6)ccc3C4)cccc1-2.c1ccc2c(c1)Cc1c(-c3ccc4c(c3)Cc3cc(-c5cccc6c5Cc5ccccc5-6)ccc3-4)cccc1-2. The zero-order valence-corrected chi connectivity index (χ0v) is 43.3. The van der Waals surface area contributed by atoms with Crippen LogP contribution in [0.5, 0.6) is 0 Å². The van der Waals surface area contributed by atoms with E-state index in [0.29, 0.717) is 0 Å². The van der Waals surface area contributed by atoms with Crippen molar-refractivity contribution in [1.82, 2.24) is 0 Å². The zero-order valence-electron chi connectivity index (χ0n) is 43.3. The number of benzene rings is 12. The number of hydrogen-bond acceptors (Lipinski definition) is 0. The van der Waals surface area contributed by atoms with Gasteiger partial charge in [-0.25, -0.2) is 0 Å². The summed E-state index contributed by atoms with van der Waals surface area (Å²) in [4.78, 5) is 0. The summed E-state index contributed by atoms with van der Waals surface area (Å²) >= 11 is 0. The molecule has 0 amide bonds. The Balaban J connectivity index is 0.000000130. The van der Waals surface area contributed by atoms with E-state index in [1.165, 1.54) is 178 Å². The van der Waals surface area contributed by atoms with Crippen molar-refractivity contribution in [3.05, 3.63) is 309 Å². The fourth-order valence-corrected chi connectivity index (χ4v) is 14.8. The molecule has 0 saturated carbocycles. The number of fused-ring (bicyclic) bond motifs is 18. The summed E-state index contributed by atoms with van der Waals surface area (Å²) in [6.07, 6.45) is 6.09. The smallest absolute Gasteiger partial charge is 0.000729 e. The molecule has 0 heteroatoms. The van der Waals surface area contributed by atoms with E-state index in [2.05, 4.69) is 243 Å². The van der Waals surface area contributed by atoms with Crippen molar-refractivity contribution in [2.24, 2.45) is 0 Å². The third-order valence-electron chi connectivity index (χ3n) is 18.4. The van der Waals surface area contributed by atoms with E-state index in [1.807, 2.05) is 0 Å². The first-order valence-corrected chi connectivity index (χ1v) is 28.0. The van der Waals surface area contributed by atoms with Crippen LogP contribution in [-0.2, 0) is 38.5 Å². The van der Waals surface area contributed by atoms with Gasteiger partial charge in [0.1, 0.15) is 0 Å². The predicted molar refractivity (Wildman–Crippen MR) is 331 cm³/mol. The molecule has 0 atom stereocenters. The van der Waals surface area contributed by atoms with Gasteiger partial charge in [0, 0.05) is 0 Å². The lowest BCUT2D eigenvalue weighted by molar-refractivity contribution is 1.24. The third kappa shape index (κ3) is 7.14. The molecule has 0 unspecified atom stereocenters. The lowest BCUT2D eigenvalue weighted by Gasteiger charge is -2.13. The molecule has 6 aliphatic rings. The summed E-state index contributed by atoms with van der Waals surface area (Å²) in [5, 5.41) is 0. The van der Waals surface area contributed by atoms with E-state index in [9.17, 15) is 0 Å². The highest BCUT2D eigenvalue weighted by molar-refractivity contribution is 5.93. The topological polar surface area (TPSA) is 0 Å². The van der Waals surface area contributed by atoms with E-state index in [-0.39, 0.29) is 7.43 Å². The Hall–Kier alpha value is -9.36. The van der Waals surface area contributed by atoms with E-state index < -0.39 is 0 Å². The van der Waals surface area contributed by atoms with Gasteiger partial charge >= 0.3 is 0 Å². The zero-order chi connectivity index (χ0) is 51.0. The molecular weight excluding hydrogens is 949 g/mol. The van der Waals surface area contributed by atoms with Crippen LogP contribution in [0.15, 0.2) is 243 Å². The summed E-state index contributed by atoms with van der Waals surface area (Å²) in [6.45, 7) is 0. The van der Waals surface area contributed by atoms with Gasteiger partial charge in [0.2, 0.25) is 0 Å². The molecule has 12 aromatic carbocycles. The van der Waals surface area contributed by atoms with Crippen LogP contribution in [0.25, 0.3) is 111 Å². The summed E-state index contributed by atoms with van der Waals surface area (Å²) in [7, 11) is 0. The molecular formula is C79H56. The third-order valence-corrected chi connectivity index (χ3v) is 18.4. The molecule has 0 aliphatic heterocycles. The quantitative estimate of drug-likeness (QED) is 0.165. The standard InChI is InChI=1S/2C39H26.CH4/c1-3-9-30-24(7-1)22-38-32(11-5-13-36(30)38)26-15-17-34-28(19-26)21-29-20-27(16-18-35(29)34)33-12-6-14-37-31-10-4-2-8-25(31)23-39(33)37;1-3-9-30-24(7-1)22-38-32(11-5-13-34(30)38)28-17-15-26-19-27-16-18-29(21-37(27)36(26)20-28)33-12-6-14-35-31-10-4-2-8-25(31)23-39(33)35;/h1-20H,21-23H2;1-18,20-21H,19,22-23H2;1H4. The first-order valence-electron chi connectivity index (χ1n) is 28.0. The second-order valence-corrected chi connectivity index (χ2v) is 22.5. The first kappa shape index (κ1) is 45.8. The van der Waals surface area contributed by atoms with E-state index in [4.69, 9.17) is 0 Å². The fourth-order valence-electron chi connectivity index (χ4n) is 14.8. The molecule has 0 saturated heterocycles. The van der Waals surface area contributed by atoms with Crippen LogP contribution in [0.3, 0.4) is 0 Å². The molecule has 0 heterocycles. The molecule has 79 heavy (non-hydrogen) atoms. The maximum atomic E-state index is 2.45. The van der Waals surface area contributed by atoms with Crippen molar-refractivity contribution in [2.75, 3.05) is 0 Å². The molecule has 0 radical (unpaired) electrons. The lowest BCUT2D eigenvalue weighted by Crippen LogP contribution is -1.90. The molecule has 12 aromatic rings. The Morgan fingerprint density at radius 2 is 0.392 bits per heavy atom. The van der Waals surface area contributed by atoms with Gasteiger partial charge in [-0.1, -0.05) is 238 Å². The minimum atomic E-state index is 0. The van der Waals surface area contributed by atoms with Gasteiger partial charge in [-0.15, -0.1) is 0 Å². The largest absolute Gasteiger partial charge is 0.0776 e. The van der Waals surface area contributed by atoms with Crippen LogP contribution in [0.2, 0.25) is 0 Å². The Morgan fingerprint density at radius 3 is 0.734 bits per heavy atom. The Kier molecular flexibility index (Phi) is 10.3. The van der Waals surface area contributed by atoms with Gasteiger partial charge in [-0.3, -0.25) is 0 Å². The highest BCUT2D eigenvalue weighted by Gasteiger charge is 2.28. The highest BCUT2D eigenvalue weighted by atomic mass is 14.3. The molecule has 0 aromatic heterocycles. The molecule has 0 N–H and O–H groups in total. The molecule has 6 aliphatic carbocycles. The second-order valence-electron chi connectivity index (χ2n) is 22.5. The van der Waals surface area contributed by atoms with Crippen molar-refractivity contribution >= 4 is 0 Å². The summed E-state index contributed by atoms with van der Waals surface area (Å²) in [6, 6.07) is 91.3. The Morgan fingerprint density at radius 1 is 0.152 bits per heavy atom. The average molecular weight is 1010 g/mol. The van der Waals surface area contributed by atoms with Gasteiger partial charge in [0.15, 0.2) is 0 Å². The van der Waals surface area contributed by atoms with Gasteiger partial charge in [-0.05, 0) is 229 Å². The molecule has 18 rings (SSSR count). The predicted octanol–water partition coefficient (Wildman–Crippen LogP) is 20.1. The second kappa shape index (κ2) is 17.8. The van der Waals surface area contributed by atoms with Crippen LogP contribution < -0.4 is 0 Å². The summed E-state index contributed by atoms with van der Waals surface area (Å²) in [5.74, 6) is 0. The fraction of sp³-hybridized carbons (Fsp3) is 0.0886. The van der Waals surface area contributed by atoms with Crippen molar-refractivity contribution < 1.29 is 0 Å². The number of rotatable bonds is 4. The summed E-state index contributed by atoms with van der Waals surface area (Å²) in [5.41, 5.74) is 44.9. The monoisotopic (exact) mass is 1000 g/mol. The Labute approximate surface area is 464 Å². The normalized spacial score (nSPS) is 13.2. The maximum Gasteiger partial charge on any atom is -0.000729 e. The van der Waals surface area contributed by atoms with Gasteiger partial charge in [0.05, 0.1) is 0 Å². The maximum absolute atomic E-state index is 2.45. The van der Waals surface area contributed by atoms with Gasteiger partial charge in [0.25, 0.3) is 0 Å². The van der Waals surface area contributed by atoms with E-state index in [1.54, 1.807) is 0 Å². The van der Waals surface area contributed by atoms with Crippen molar-refractivity contribution in [1.29, 1.82) is 0 Å². The van der Waals surface area contributed by atoms with E-state index >= 15 is 0 Å². The van der Waals surface area contributed by atoms with Crippen LogP contribution >= 0.6 is 0 Å². The van der Waals surface area contributed by atoms with Crippen molar-refractivity contribution in [3.63, 3.8) is 0 Å². The van der Waals surface area contributed by atoms with Crippen LogP contribution in [-0.4, -0.2) is 0 Å². The number of hydrogen-bond donors (Lipinski definition) is 0. The van der Waals surface area contributed by atoms with Crippen LogP contribution in [0.1, 0.15) is 74.2 Å². The molecule has 0 nitrogen and oxygen atoms in total. The average Bonchev–Trinajstić information content (AvgIpc) is 4.56. The van der Waals surface area contributed by atoms with Crippen molar-refractivity contribution in [2.45, 2.75) is 46.0 Å². The van der Waals surface area contributed by atoms with Crippen LogP contribution in [0, 0.1) is 0 Å².